The largest absolute Gasteiger partial charge is 0.477 e. The van der Waals surface area contributed by atoms with Gasteiger partial charge in [-0.3, -0.25) is 28.9 Å². The first kappa shape index (κ1) is 49.1. The van der Waals surface area contributed by atoms with E-state index in [1.54, 1.807) is 48.2 Å². The Labute approximate surface area is 386 Å². The smallest absolute Gasteiger partial charge is 0.264 e. The second-order valence-corrected chi connectivity index (χ2v) is 16.1. The molecule has 18 nitrogen and oxygen atoms in total. The van der Waals surface area contributed by atoms with Crippen LogP contribution in [0.15, 0.2) is 55.0 Å². The van der Waals surface area contributed by atoms with Crippen LogP contribution < -0.4 is 15.4 Å². The molecule has 348 valence electrons. The van der Waals surface area contributed by atoms with E-state index in [1.165, 1.54) is 6.20 Å². The quantitative estimate of drug-likeness (QED) is 0.0555. The van der Waals surface area contributed by atoms with E-state index in [1.807, 2.05) is 6.92 Å². The number of pyridine rings is 1. The third-order valence-corrected chi connectivity index (χ3v) is 11.0. The molecule has 5 heterocycles. The second kappa shape index (κ2) is 24.3. The number of piperidine rings is 1. The highest BCUT2D eigenvalue weighted by Crippen LogP contribution is 2.33. The van der Waals surface area contributed by atoms with Crippen molar-refractivity contribution in [3.63, 3.8) is 0 Å². The van der Waals surface area contributed by atoms with Gasteiger partial charge in [-0.15, -0.1) is 0 Å². The first-order valence-electron chi connectivity index (χ1n) is 21.4. The van der Waals surface area contributed by atoms with Crippen LogP contribution >= 0.6 is 23.2 Å². The number of nitrogens with one attached hydrogen (secondary N) is 2. The number of allylic oxidation sites excluding steroid dienone is 1. The lowest BCUT2D eigenvalue weighted by molar-refractivity contribution is -0.125. The van der Waals surface area contributed by atoms with Crippen LogP contribution in [0, 0.1) is 0 Å². The predicted octanol–water partition coefficient (Wildman–Crippen LogP) is 5.18. The molecule has 1 saturated heterocycles. The Kier molecular flexibility index (Phi) is 18.3. The summed E-state index contributed by atoms with van der Waals surface area (Å²) in [5.41, 5.74) is 4.00. The number of benzene rings is 1. The molecular weight excluding hydrogens is 885 g/mol. The number of methoxy groups -OCH3 is 1. The average molecular weight is 939 g/mol. The van der Waals surface area contributed by atoms with Crippen molar-refractivity contribution < 1.29 is 52.4 Å². The number of fused-ring (bicyclic) bond motifs is 2. The first-order chi connectivity index (χ1) is 31.4. The number of Topliss-reactive ketones (excluding diaryl/α,β-unsaturated/α-hetero) is 2. The highest BCUT2D eigenvalue weighted by Gasteiger charge is 2.45. The number of anilines is 1. The fourth-order valence-electron chi connectivity index (χ4n) is 7.36. The van der Waals surface area contributed by atoms with E-state index in [9.17, 15) is 24.0 Å². The van der Waals surface area contributed by atoms with Gasteiger partial charge in [-0.25, -0.2) is 14.5 Å². The SMILES string of the molecule is C=C1CCC(N2C(=O)c3cccc(NCCOCCOCCOCCOCCC(=O)CCCOc4ncc(Cl)cc4CC(=O)Cc4cnc5cc(Cl)nn5c4[C@H](C)OC)c3C2=O)C(=O)N1. The van der Waals surface area contributed by atoms with Crippen molar-refractivity contribution in [1.82, 2.24) is 29.8 Å². The molecule has 3 aromatic heterocycles. The highest BCUT2D eigenvalue weighted by atomic mass is 35.5. The minimum atomic E-state index is -0.872. The summed E-state index contributed by atoms with van der Waals surface area (Å²) >= 11 is 12.3. The molecule has 2 atom stereocenters. The number of aromatic nitrogens is 4. The van der Waals surface area contributed by atoms with Crippen LogP contribution in [-0.4, -0.2) is 133 Å². The van der Waals surface area contributed by atoms with Crippen LogP contribution in [0.5, 0.6) is 5.88 Å². The number of amides is 3. The Hall–Kier alpha value is -5.34. The van der Waals surface area contributed by atoms with Gasteiger partial charge >= 0.3 is 0 Å². The van der Waals surface area contributed by atoms with Gasteiger partial charge in [-0.1, -0.05) is 35.8 Å². The number of hydrogen-bond acceptors (Lipinski definition) is 15. The number of nitrogens with zero attached hydrogens (tertiary/aromatic N) is 5. The van der Waals surface area contributed by atoms with E-state index in [-0.39, 0.29) is 72.3 Å². The Balaban J connectivity index is 0.770. The van der Waals surface area contributed by atoms with Crippen molar-refractivity contribution in [2.75, 3.05) is 78.4 Å². The van der Waals surface area contributed by atoms with E-state index in [4.69, 9.17) is 51.6 Å². The average Bonchev–Trinajstić information content (AvgIpc) is 3.78. The fourth-order valence-corrected chi connectivity index (χ4v) is 7.72. The molecule has 1 unspecified atom stereocenters. The molecule has 4 aromatic rings. The normalized spacial score (nSPS) is 15.4. The van der Waals surface area contributed by atoms with Crippen molar-refractivity contribution in [3.8, 4) is 5.88 Å². The summed E-state index contributed by atoms with van der Waals surface area (Å²) in [6.07, 6.45) is 4.62. The molecule has 2 N–H and O–H groups in total. The Morgan fingerprint density at radius 1 is 0.877 bits per heavy atom. The molecule has 0 aliphatic carbocycles. The van der Waals surface area contributed by atoms with Gasteiger partial charge in [0.25, 0.3) is 11.8 Å². The van der Waals surface area contributed by atoms with Gasteiger partial charge in [0.05, 0.1) is 87.4 Å². The topological polar surface area (TPSA) is 211 Å². The molecule has 65 heavy (non-hydrogen) atoms. The Bertz CT molecular complexity index is 2360. The Morgan fingerprint density at radius 2 is 1.58 bits per heavy atom. The van der Waals surface area contributed by atoms with E-state index in [2.05, 4.69) is 32.3 Å². The summed E-state index contributed by atoms with van der Waals surface area (Å²) in [4.78, 5) is 74.3. The molecule has 3 amide bonds. The maximum atomic E-state index is 13.3. The van der Waals surface area contributed by atoms with Crippen molar-refractivity contribution >= 4 is 63.8 Å². The first-order valence-corrected chi connectivity index (χ1v) is 22.1. The van der Waals surface area contributed by atoms with Crippen molar-refractivity contribution in [1.29, 1.82) is 0 Å². The summed E-state index contributed by atoms with van der Waals surface area (Å²) in [5.74, 6) is -1.20. The molecule has 0 bridgehead atoms. The maximum Gasteiger partial charge on any atom is 0.264 e. The molecule has 20 heteroatoms. The lowest BCUT2D eigenvalue weighted by Crippen LogP contribution is -2.51. The highest BCUT2D eigenvalue weighted by molar-refractivity contribution is 6.30. The number of carbonyl (C=O) groups is 5. The maximum absolute atomic E-state index is 13.3. The van der Waals surface area contributed by atoms with Crippen molar-refractivity contribution in [3.05, 3.63) is 93.1 Å². The van der Waals surface area contributed by atoms with Gasteiger partial charge in [0, 0.05) is 80.3 Å². The van der Waals surface area contributed by atoms with Gasteiger partial charge in [-0.05, 0) is 44.4 Å². The zero-order valence-corrected chi connectivity index (χ0v) is 37.9. The number of imide groups is 1. The lowest BCUT2D eigenvalue weighted by atomic mass is 10.0. The van der Waals surface area contributed by atoms with Gasteiger partial charge in [0.1, 0.15) is 17.6 Å². The number of ether oxygens (including phenoxy) is 6. The van der Waals surface area contributed by atoms with E-state index in [0.717, 1.165) is 4.90 Å². The van der Waals surface area contributed by atoms with Crippen molar-refractivity contribution in [2.24, 2.45) is 0 Å². The lowest BCUT2D eigenvalue weighted by Gasteiger charge is -2.29. The summed E-state index contributed by atoms with van der Waals surface area (Å²) in [6, 6.07) is 7.41. The van der Waals surface area contributed by atoms with Gasteiger partial charge in [-0.2, -0.15) is 5.10 Å². The number of rotatable bonds is 28. The van der Waals surface area contributed by atoms with Crippen LogP contribution in [0.25, 0.3) is 5.65 Å². The molecular formula is C45H53Cl2N7O11. The standard InChI is InChI=1S/C45H53Cl2N7O11/c1-28-9-10-37(42(57)51-28)53-44(58)35-7-4-8-36(40(35)45(53)59)48-12-15-62-17-19-64-21-20-63-18-16-61-14-11-33(55)6-5-13-65-43-30(22-32(46)27-50-43)23-34(56)24-31-26-49-39-25-38(47)52-54(39)41(31)29(2)60-3/h4,7-8,22,25-27,29,37,48H,1,5-6,9-21,23-24H2,2-3H3,(H,51,57)/t29-,37?/m0/s1. The third kappa shape index (κ3) is 13.4. The zero-order chi connectivity index (χ0) is 46.3. The van der Waals surface area contributed by atoms with Crippen LogP contribution in [0.3, 0.4) is 0 Å². The molecule has 0 radical (unpaired) electrons. The second-order valence-electron chi connectivity index (χ2n) is 15.3. The third-order valence-electron chi connectivity index (χ3n) is 10.6. The van der Waals surface area contributed by atoms with Crippen LogP contribution in [-0.2, 0) is 50.9 Å². The minimum Gasteiger partial charge on any atom is -0.477 e. The summed E-state index contributed by atoms with van der Waals surface area (Å²) < 4.78 is 35.3. The van der Waals surface area contributed by atoms with E-state index >= 15 is 0 Å². The monoisotopic (exact) mass is 937 g/mol. The molecule has 2 aliphatic heterocycles. The van der Waals surface area contributed by atoms with Gasteiger partial charge in [0.15, 0.2) is 10.8 Å². The Morgan fingerprint density at radius 3 is 2.31 bits per heavy atom. The zero-order valence-electron chi connectivity index (χ0n) is 36.4. The molecule has 6 rings (SSSR count). The van der Waals surface area contributed by atoms with Gasteiger partial charge < -0.3 is 39.1 Å². The summed E-state index contributed by atoms with van der Waals surface area (Å²) in [7, 11) is 1.57. The van der Waals surface area contributed by atoms with Crippen molar-refractivity contribution in [2.45, 2.75) is 64.0 Å². The minimum absolute atomic E-state index is 0.0157. The molecule has 0 spiro atoms. The molecule has 1 fully saturated rings. The van der Waals surface area contributed by atoms with E-state index in [0.29, 0.717) is 117 Å². The summed E-state index contributed by atoms with van der Waals surface area (Å²) in [5, 5.41) is 10.8. The fraction of sp³-hybridized carbons (Fsp3) is 0.467. The van der Waals surface area contributed by atoms with Crippen LogP contribution in [0.1, 0.15) is 82.7 Å². The number of halogens is 2. The molecule has 0 saturated carbocycles. The van der Waals surface area contributed by atoms with Gasteiger partial charge in [0.2, 0.25) is 11.8 Å². The molecule has 1 aromatic carbocycles. The van der Waals surface area contributed by atoms with Crippen LogP contribution in [0.2, 0.25) is 10.2 Å². The number of ketones is 2. The summed E-state index contributed by atoms with van der Waals surface area (Å²) in [6.45, 7) is 8.96. The molecule has 2 aliphatic rings. The predicted molar refractivity (Wildman–Crippen MR) is 238 cm³/mol. The van der Waals surface area contributed by atoms with E-state index < -0.39 is 23.8 Å². The number of hydrogen-bond donors (Lipinski definition) is 2. The van der Waals surface area contributed by atoms with Crippen LogP contribution in [0.4, 0.5) is 5.69 Å². The number of carbonyl (C=O) groups excluding carboxylic acids is 5.